The summed E-state index contributed by atoms with van der Waals surface area (Å²) in [6, 6.07) is 6.98. The van der Waals surface area contributed by atoms with Crippen LogP contribution in [0.4, 0.5) is 0 Å². The summed E-state index contributed by atoms with van der Waals surface area (Å²) in [5.41, 5.74) is 0.692. The predicted octanol–water partition coefficient (Wildman–Crippen LogP) is 3.74. The van der Waals surface area contributed by atoms with Crippen LogP contribution >= 0.6 is 23.2 Å². The van der Waals surface area contributed by atoms with Crippen molar-refractivity contribution in [2.75, 3.05) is 27.2 Å². The third-order valence-corrected chi connectivity index (χ3v) is 3.01. The SMILES string of the molecule is CC(Cl)=CC[N+](C)(C)CC(=O)c1ccc(Cl)cc1. The minimum atomic E-state index is 0.109. The smallest absolute Gasteiger partial charge is 0.216 e. The molecule has 0 fully saturated rings. The molecule has 4 heteroatoms. The van der Waals surface area contributed by atoms with E-state index < -0.39 is 0 Å². The van der Waals surface area contributed by atoms with E-state index in [1.807, 2.05) is 27.1 Å². The molecule has 0 spiro atoms. The maximum atomic E-state index is 12.1. The number of nitrogens with zero attached hydrogens (tertiary/aromatic N) is 1. The van der Waals surface area contributed by atoms with Crippen molar-refractivity contribution < 1.29 is 9.28 Å². The van der Waals surface area contributed by atoms with Gasteiger partial charge >= 0.3 is 0 Å². The van der Waals surface area contributed by atoms with Crippen LogP contribution in [0.15, 0.2) is 35.4 Å². The summed E-state index contributed by atoms with van der Waals surface area (Å²) in [4.78, 5) is 12.1. The molecule has 0 aliphatic heterocycles. The average Bonchev–Trinajstić information content (AvgIpc) is 2.27. The largest absolute Gasteiger partial charge is 0.319 e. The van der Waals surface area contributed by atoms with E-state index in [2.05, 4.69) is 0 Å². The zero-order valence-electron chi connectivity index (χ0n) is 10.9. The molecule has 2 nitrogen and oxygen atoms in total. The van der Waals surface area contributed by atoms with Crippen molar-refractivity contribution in [1.29, 1.82) is 0 Å². The molecule has 0 aliphatic rings. The molecule has 1 aromatic rings. The molecule has 98 valence electrons. The summed E-state index contributed by atoms with van der Waals surface area (Å²) in [6.07, 6.45) is 1.93. The first-order chi connectivity index (χ1) is 8.30. The highest BCUT2D eigenvalue weighted by Gasteiger charge is 2.19. The molecule has 18 heavy (non-hydrogen) atoms. The van der Waals surface area contributed by atoms with Gasteiger partial charge in [-0.1, -0.05) is 23.2 Å². The van der Waals surface area contributed by atoms with Crippen molar-refractivity contribution in [3.05, 3.63) is 46.0 Å². The highest BCUT2D eigenvalue weighted by Crippen LogP contribution is 2.12. The van der Waals surface area contributed by atoms with Crippen molar-refractivity contribution in [2.45, 2.75) is 6.92 Å². The minimum absolute atomic E-state index is 0.109. The van der Waals surface area contributed by atoms with E-state index in [1.54, 1.807) is 24.3 Å². The fraction of sp³-hybridized carbons (Fsp3) is 0.357. The van der Waals surface area contributed by atoms with E-state index in [1.165, 1.54) is 0 Å². The molecular weight excluding hydrogens is 269 g/mol. The summed E-state index contributed by atoms with van der Waals surface area (Å²) in [7, 11) is 4.01. The number of ketones is 1. The van der Waals surface area contributed by atoms with Gasteiger partial charge < -0.3 is 4.48 Å². The maximum Gasteiger partial charge on any atom is 0.216 e. The van der Waals surface area contributed by atoms with Gasteiger partial charge in [0.15, 0.2) is 0 Å². The monoisotopic (exact) mass is 286 g/mol. The number of benzene rings is 1. The quantitative estimate of drug-likeness (QED) is 0.595. The number of hydrogen-bond acceptors (Lipinski definition) is 1. The van der Waals surface area contributed by atoms with Crippen LogP contribution < -0.4 is 0 Å². The summed E-state index contributed by atoms with van der Waals surface area (Å²) in [5, 5.41) is 1.39. The predicted molar refractivity (Wildman–Crippen MR) is 77.2 cm³/mol. The van der Waals surface area contributed by atoms with Gasteiger partial charge in [-0.2, -0.15) is 0 Å². The first-order valence-electron chi connectivity index (χ1n) is 5.73. The van der Waals surface area contributed by atoms with Crippen molar-refractivity contribution in [2.24, 2.45) is 0 Å². The van der Waals surface area contributed by atoms with Crippen molar-refractivity contribution >= 4 is 29.0 Å². The Labute approximate surface area is 118 Å². The molecule has 0 saturated carbocycles. The number of hydrogen-bond donors (Lipinski definition) is 0. The fourth-order valence-electron chi connectivity index (χ4n) is 1.55. The Hall–Kier alpha value is -0.830. The lowest BCUT2D eigenvalue weighted by Gasteiger charge is -2.27. The Bertz CT molecular complexity index is 445. The Morgan fingerprint density at radius 1 is 1.28 bits per heavy atom. The maximum absolute atomic E-state index is 12.1. The zero-order valence-corrected chi connectivity index (χ0v) is 12.4. The number of likely N-dealkylation sites (N-methyl/N-ethyl adjacent to an activating group) is 1. The summed E-state index contributed by atoms with van der Waals surface area (Å²) in [6.45, 7) is 3.00. The standard InChI is InChI=1S/C14H18Cl2NO/c1-11(15)8-9-17(2,3)10-14(18)12-4-6-13(16)7-5-12/h4-8H,9-10H2,1-3H3/q+1. The average molecular weight is 287 g/mol. The lowest BCUT2D eigenvalue weighted by atomic mass is 10.1. The van der Waals surface area contributed by atoms with Crippen LogP contribution in [0.25, 0.3) is 0 Å². The Balaban J connectivity index is 2.69. The number of carbonyl (C=O) groups is 1. The Morgan fingerprint density at radius 3 is 2.33 bits per heavy atom. The van der Waals surface area contributed by atoms with Crippen molar-refractivity contribution in [1.82, 2.24) is 0 Å². The molecule has 1 aromatic carbocycles. The highest BCUT2D eigenvalue weighted by molar-refractivity contribution is 6.30. The Morgan fingerprint density at radius 2 is 1.83 bits per heavy atom. The molecule has 1 rings (SSSR count). The third kappa shape index (κ3) is 5.21. The molecule has 0 aliphatic carbocycles. The van der Waals surface area contributed by atoms with Crippen LogP contribution in [0.1, 0.15) is 17.3 Å². The number of rotatable bonds is 5. The van der Waals surface area contributed by atoms with Crippen molar-refractivity contribution in [3.63, 3.8) is 0 Å². The van der Waals surface area contributed by atoms with Crippen LogP contribution in [0, 0.1) is 0 Å². The molecule has 0 bridgehead atoms. The summed E-state index contributed by atoms with van der Waals surface area (Å²) < 4.78 is 0.575. The van der Waals surface area contributed by atoms with Crippen LogP contribution in [0.5, 0.6) is 0 Å². The van der Waals surface area contributed by atoms with Crippen LogP contribution in [0.3, 0.4) is 0 Å². The normalized spacial score (nSPS) is 12.6. The molecule has 0 atom stereocenters. The topological polar surface area (TPSA) is 17.1 Å². The second kappa shape index (κ2) is 6.37. The van der Waals surface area contributed by atoms with Crippen LogP contribution in [-0.4, -0.2) is 37.5 Å². The molecule has 0 amide bonds. The van der Waals surface area contributed by atoms with Crippen LogP contribution in [0.2, 0.25) is 5.02 Å². The van der Waals surface area contributed by atoms with Gasteiger partial charge in [-0.15, -0.1) is 0 Å². The van der Waals surface area contributed by atoms with E-state index in [4.69, 9.17) is 23.2 Å². The minimum Gasteiger partial charge on any atom is -0.319 e. The summed E-state index contributed by atoms with van der Waals surface area (Å²) >= 11 is 11.6. The molecule has 0 heterocycles. The molecule has 0 radical (unpaired) electrons. The van der Waals surface area contributed by atoms with E-state index in [0.717, 1.165) is 11.6 Å². The number of allylic oxidation sites excluding steroid dienone is 1. The second-order valence-electron chi connectivity index (χ2n) is 5.00. The van der Waals surface area contributed by atoms with Gasteiger partial charge in [0.25, 0.3) is 0 Å². The number of Topliss-reactive ketones (excluding diaryl/α,β-unsaturated/α-hetero) is 1. The number of carbonyl (C=O) groups excluding carboxylic acids is 1. The lowest BCUT2D eigenvalue weighted by molar-refractivity contribution is -0.875. The van der Waals surface area contributed by atoms with E-state index in [-0.39, 0.29) is 5.78 Å². The lowest BCUT2D eigenvalue weighted by Crippen LogP contribution is -2.43. The molecular formula is C14H18Cl2NO+. The molecule has 0 aromatic heterocycles. The van der Waals surface area contributed by atoms with Gasteiger partial charge in [-0.05, 0) is 37.3 Å². The number of quaternary nitrogens is 1. The van der Waals surface area contributed by atoms with Gasteiger partial charge in [0.2, 0.25) is 5.78 Å². The first kappa shape index (κ1) is 15.2. The Kier molecular flexibility index (Phi) is 5.39. The van der Waals surface area contributed by atoms with Crippen LogP contribution in [-0.2, 0) is 0 Å². The van der Waals surface area contributed by atoms with E-state index in [0.29, 0.717) is 21.6 Å². The van der Waals surface area contributed by atoms with Gasteiger partial charge in [-0.25, -0.2) is 0 Å². The van der Waals surface area contributed by atoms with E-state index in [9.17, 15) is 4.79 Å². The fourth-order valence-corrected chi connectivity index (χ4v) is 1.75. The highest BCUT2D eigenvalue weighted by atomic mass is 35.5. The first-order valence-corrected chi connectivity index (χ1v) is 6.49. The van der Waals surface area contributed by atoms with Gasteiger partial charge in [0, 0.05) is 15.6 Å². The summed E-state index contributed by atoms with van der Waals surface area (Å²) in [5.74, 6) is 0.109. The van der Waals surface area contributed by atoms with Gasteiger partial charge in [0.1, 0.15) is 6.54 Å². The second-order valence-corrected chi connectivity index (χ2v) is 6.03. The molecule has 0 unspecified atom stereocenters. The van der Waals surface area contributed by atoms with E-state index >= 15 is 0 Å². The van der Waals surface area contributed by atoms with Gasteiger partial charge in [0.05, 0.1) is 20.6 Å². The van der Waals surface area contributed by atoms with Gasteiger partial charge in [-0.3, -0.25) is 4.79 Å². The zero-order chi connectivity index (χ0) is 13.8. The number of halogens is 2. The molecule has 0 N–H and O–H groups in total. The van der Waals surface area contributed by atoms with Crippen molar-refractivity contribution in [3.8, 4) is 0 Å². The molecule has 0 saturated heterocycles. The third-order valence-electron chi connectivity index (χ3n) is 2.60.